The molecule has 5 heteroatoms. The van der Waals surface area contributed by atoms with E-state index in [0.29, 0.717) is 10.6 Å². The summed E-state index contributed by atoms with van der Waals surface area (Å²) in [5.74, 6) is 0.617. The molecule has 0 bridgehead atoms. The van der Waals surface area contributed by atoms with Crippen LogP contribution in [0.5, 0.6) is 0 Å². The number of benzene rings is 3. The minimum Gasteiger partial charge on any atom is -0.456 e. The van der Waals surface area contributed by atoms with Crippen LogP contribution in [0.4, 0.5) is 11.4 Å². The third-order valence-electron chi connectivity index (χ3n) is 4.20. The lowest BCUT2D eigenvalue weighted by Crippen LogP contribution is -2.05. The number of halogens is 1. The van der Waals surface area contributed by atoms with E-state index < -0.39 is 0 Å². The molecule has 0 unspecified atom stereocenters. The van der Waals surface area contributed by atoms with Gasteiger partial charge >= 0.3 is 0 Å². The maximum atomic E-state index is 11.2. The Morgan fingerprint density at radius 1 is 0.964 bits per heavy atom. The van der Waals surface area contributed by atoms with Gasteiger partial charge in [-0.1, -0.05) is 41.9 Å². The van der Waals surface area contributed by atoms with Gasteiger partial charge in [-0.15, -0.1) is 0 Å². The van der Waals surface area contributed by atoms with Crippen LogP contribution in [0.15, 0.2) is 88.3 Å². The minimum absolute atomic E-state index is 0.109. The SMILES string of the molecule is CC(=O)Nc1ccc(N=c2cc(-c3ccccc3)oc3ccc(Cl)cc23)cc1. The van der Waals surface area contributed by atoms with Crippen molar-refractivity contribution in [1.29, 1.82) is 0 Å². The van der Waals surface area contributed by atoms with Gasteiger partial charge in [0.15, 0.2) is 0 Å². The molecule has 0 saturated heterocycles. The van der Waals surface area contributed by atoms with Gasteiger partial charge in [0.25, 0.3) is 0 Å². The smallest absolute Gasteiger partial charge is 0.221 e. The van der Waals surface area contributed by atoms with Crippen LogP contribution >= 0.6 is 11.6 Å². The van der Waals surface area contributed by atoms with Gasteiger partial charge < -0.3 is 9.73 Å². The second-order valence-corrected chi connectivity index (χ2v) is 6.78. The molecule has 1 amide bonds. The Balaban J connectivity index is 1.87. The Hall–Kier alpha value is -3.37. The summed E-state index contributed by atoms with van der Waals surface area (Å²) >= 11 is 6.20. The van der Waals surface area contributed by atoms with E-state index in [1.807, 2.05) is 72.8 Å². The van der Waals surface area contributed by atoms with E-state index in [-0.39, 0.29) is 5.91 Å². The summed E-state index contributed by atoms with van der Waals surface area (Å²) in [6.45, 7) is 1.48. The van der Waals surface area contributed by atoms with Gasteiger partial charge in [0.1, 0.15) is 11.3 Å². The fourth-order valence-electron chi connectivity index (χ4n) is 2.94. The molecule has 3 aromatic carbocycles. The Kier molecular flexibility index (Phi) is 4.96. The molecule has 0 radical (unpaired) electrons. The molecule has 138 valence electrons. The highest BCUT2D eigenvalue weighted by molar-refractivity contribution is 6.31. The fraction of sp³-hybridized carbons (Fsp3) is 0.0435. The third kappa shape index (κ3) is 3.97. The predicted molar refractivity (Wildman–Crippen MR) is 113 cm³/mol. The molecule has 0 atom stereocenters. The summed E-state index contributed by atoms with van der Waals surface area (Å²) in [7, 11) is 0. The van der Waals surface area contributed by atoms with Crippen LogP contribution in [0.25, 0.3) is 22.3 Å². The van der Waals surface area contributed by atoms with Crippen molar-refractivity contribution in [3.63, 3.8) is 0 Å². The van der Waals surface area contributed by atoms with E-state index in [4.69, 9.17) is 21.0 Å². The maximum absolute atomic E-state index is 11.2. The van der Waals surface area contributed by atoms with Crippen LogP contribution in [-0.2, 0) is 4.79 Å². The van der Waals surface area contributed by atoms with Crippen molar-refractivity contribution in [1.82, 2.24) is 0 Å². The summed E-state index contributed by atoms with van der Waals surface area (Å²) in [6, 6.07) is 24.6. The number of nitrogens with zero attached hydrogens (tertiary/aromatic N) is 1. The molecule has 0 aliphatic heterocycles. The zero-order chi connectivity index (χ0) is 19.5. The van der Waals surface area contributed by atoms with Crippen molar-refractivity contribution in [2.45, 2.75) is 6.92 Å². The van der Waals surface area contributed by atoms with E-state index in [2.05, 4.69) is 5.32 Å². The van der Waals surface area contributed by atoms with Crippen LogP contribution < -0.4 is 10.7 Å². The standard InChI is InChI=1S/C23H17ClN2O2/c1-15(27)25-18-8-10-19(11-9-18)26-21-14-23(16-5-3-2-4-6-16)28-22-12-7-17(24)13-20(21)22/h2-14H,1H3,(H,25,27). The van der Waals surface area contributed by atoms with E-state index in [0.717, 1.165) is 33.4 Å². The molecular formula is C23H17ClN2O2. The van der Waals surface area contributed by atoms with E-state index in [1.54, 1.807) is 6.07 Å². The number of amides is 1. The van der Waals surface area contributed by atoms with Gasteiger partial charge in [0.2, 0.25) is 5.91 Å². The molecule has 0 spiro atoms. The zero-order valence-corrected chi connectivity index (χ0v) is 15.9. The van der Waals surface area contributed by atoms with Gasteiger partial charge in [-0.3, -0.25) is 4.79 Å². The molecule has 1 heterocycles. The highest BCUT2D eigenvalue weighted by Gasteiger charge is 2.07. The van der Waals surface area contributed by atoms with E-state index in [1.165, 1.54) is 6.92 Å². The molecule has 4 rings (SSSR count). The van der Waals surface area contributed by atoms with Crippen LogP contribution in [0, 0.1) is 0 Å². The van der Waals surface area contributed by atoms with Gasteiger partial charge in [-0.25, -0.2) is 4.99 Å². The van der Waals surface area contributed by atoms with E-state index >= 15 is 0 Å². The number of fused-ring (bicyclic) bond motifs is 1. The molecule has 0 fully saturated rings. The van der Waals surface area contributed by atoms with Crippen molar-refractivity contribution in [2.75, 3.05) is 5.32 Å². The number of rotatable bonds is 3. The molecule has 1 N–H and O–H groups in total. The first-order valence-electron chi connectivity index (χ1n) is 8.80. The number of nitrogens with one attached hydrogen (secondary N) is 1. The highest BCUT2D eigenvalue weighted by atomic mass is 35.5. The van der Waals surface area contributed by atoms with Crippen LogP contribution in [0.3, 0.4) is 0 Å². The van der Waals surface area contributed by atoms with E-state index in [9.17, 15) is 4.79 Å². The van der Waals surface area contributed by atoms with Crippen molar-refractivity contribution in [3.05, 3.63) is 89.2 Å². The van der Waals surface area contributed by atoms with Gasteiger partial charge in [-0.2, -0.15) is 0 Å². The van der Waals surface area contributed by atoms with Crippen molar-refractivity contribution in [3.8, 4) is 11.3 Å². The predicted octanol–water partition coefficient (Wildman–Crippen LogP) is 5.94. The van der Waals surface area contributed by atoms with Crippen molar-refractivity contribution in [2.24, 2.45) is 4.99 Å². The van der Waals surface area contributed by atoms with Gasteiger partial charge in [-0.05, 0) is 42.5 Å². The average molecular weight is 389 g/mol. The summed E-state index contributed by atoms with van der Waals surface area (Å²) in [5, 5.41) is 4.96. The molecule has 0 aliphatic rings. The molecule has 4 nitrogen and oxygen atoms in total. The lowest BCUT2D eigenvalue weighted by atomic mass is 10.1. The molecule has 0 saturated carbocycles. The number of hydrogen-bond donors (Lipinski definition) is 1. The first-order valence-corrected chi connectivity index (χ1v) is 9.17. The molecular weight excluding hydrogens is 372 g/mol. The summed E-state index contributed by atoms with van der Waals surface area (Å²) in [5.41, 5.74) is 3.17. The Morgan fingerprint density at radius 3 is 2.43 bits per heavy atom. The Bertz CT molecular complexity index is 1210. The number of carbonyl (C=O) groups excluding carboxylic acids is 1. The lowest BCUT2D eigenvalue weighted by Gasteiger charge is -2.06. The van der Waals surface area contributed by atoms with Crippen molar-refractivity contribution < 1.29 is 9.21 Å². The summed E-state index contributed by atoms with van der Waals surface area (Å²) in [6.07, 6.45) is 0. The monoisotopic (exact) mass is 388 g/mol. The molecule has 28 heavy (non-hydrogen) atoms. The Labute approximate surface area is 167 Å². The maximum Gasteiger partial charge on any atom is 0.221 e. The van der Waals surface area contributed by atoms with Crippen molar-refractivity contribution >= 4 is 39.9 Å². The van der Waals surface area contributed by atoms with Gasteiger partial charge in [0.05, 0.1) is 11.0 Å². The second-order valence-electron chi connectivity index (χ2n) is 6.34. The second kappa shape index (κ2) is 7.71. The molecule has 1 aromatic heterocycles. The summed E-state index contributed by atoms with van der Waals surface area (Å²) < 4.78 is 6.08. The number of anilines is 1. The average Bonchev–Trinajstić information content (AvgIpc) is 2.70. The first-order chi connectivity index (χ1) is 13.6. The fourth-order valence-corrected chi connectivity index (χ4v) is 3.11. The van der Waals surface area contributed by atoms with Crippen LogP contribution in [0.2, 0.25) is 5.02 Å². The van der Waals surface area contributed by atoms with Crippen LogP contribution in [0.1, 0.15) is 6.92 Å². The minimum atomic E-state index is -0.109. The normalized spacial score (nSPS) is 11.6. The van der Waals surface area contributed by atoms with Crippen LogP contribution in [-0.4, -0.2) is 5.91 Å². The lowest BCUT2D eigenvalue weighted by molar-refractivity contribution is -0.114. The Morgan fingerprint density at radius 2 is 1.71 bits per heavy atom. The molecule has 0 aliphatic carbocycles. The highest BCUT2D eigenvalue weighted by Crippen LogP contribution is 2.24. The number of hydrogen-bond acceptors (Lipinski definition) is 3. The number of carbonyl (C=O) groups is 1. The quantitative estimate of drug-likeness (QED) is 0.472. The third-order valence-corrected chi connectivity index (χ3v) is 4.44. The topological polar surface area (TPSA) is 54.6 Å². The molecule has 4 aromatic rings. The largest absolute Gasteiger partial charge is 0.456 e. The zero-order valence-electron chi connectivity index (χ0n) is 15.1. The van der Waals surface area contributed by atoms with Gasteiger partial charge in [0, 0.05) is 34.6 Å². The first kappa shape index (κ1) is 18.0. The summed E-state index contributed by atoms with van der Waals surface area (Å²) in [4.78, 5) is 16.0.